The van der Waals surface area contributed by atoms with Crippen LogP contribution in [-0.4, -0.2) is 19.5 Å². The number of hydrogen-bond donors (Lipinski definition) is 0. The van der Waals surface area contributed by atoms with Gasteiger partial charge in [-0.3, -0.25) is 9.37 Å². The summed E-state index contributed by atoms with van der Waals surface area (Å²) in [5.41, 5.74) is 10.6. The average molecular weight is 896 g/mol. The van der Waals surface area contributed by atoms with Gasteiger partial charge in [0.25, 0.3) is 0 Å². The second-order valence-electron chi connectivity index (χ2n) is 15.2. The maximum atomic E-state index is 14.1. The third-order valence-electron chi connectivity index (χ3n) is 9.54. The zero-order chi connectivity index (χ0) is 40.1. The standard InChI is InChI=1S/C31H28N3O.C16H17FN.Ir/c1-18(2)21-11-8-12-22(19(3)4)28(21)34-30(33-26-16-20(5)17-32-31(26)34)25-14-9-13-24-23-10-6-7-15-27(23)35-29(24)25;1-11-5-7-13(14(17)9-11)15-8-6-12(10-18-15)16(2,3)4;/h6-13,15-19H,1-5H3;5-6,8-10H,1-4H3;/q2*-1;/i;1D3;. The number of fused-ring (bicyclic) bond motifs is 4. The van der Waals surface area contributed by atoms with Crippen molar-refractivity contribution in [3.8, 4) is 28.3 Å². The molecule has 0 amide bonds. The summed E-state index contributed by atoms with van der Waals surface area (Å²) >= 11 is 0. The van der Waals surface area contributed by atoms with Crippen molar-refractivity contribution in [3.05, 3.63) is 143 Å². The van der Waals surface area contributed by atoms with Crippen LogP contribution in [0.15, 0.2) is 102 Å². The molecule has 4 aromatic carbocycles. The Hall–Kier alpha value is -4.97. The molecule has 5 nitrogen and oxygen atoms in total. The van der Waals surface area contributed by atoms with Gasteiger partial charge in [0, 0.05) is 53.5 Å². The number of aromatic nitrogens is 4. The molecule has 0 saturated carbocycles. The number of furan rings is 1. The topological polar surface area (TPSA) is 56.7 Å². The van der Waals surface area contributed by atoms with Gasteiger partial charge in [0.2, 0.25) is 0 Å². The summed E-state index contributed by atoms with van der Waals surface area (Å²) in [5, 5.41) is 2.16. The van der Waals surface area contributed by atoms with Crippen molar-refractivity contribution in [3.63, 3.8) is 0 Å². The molecule has 0 atom stereocenters. The Balaban J connectivity index is 0.000000215. The molecule has 0 bridgehead atoms. The van der Waals surface area contributed by atoms with Crippen LogP contribution in [0.4, 0.5) is 4.39 Å². The van der Waals surface area contributed by atoms with Gasteiger partial charge in [-0.15, -0.1) is 42.0 Å². The fourth-order valence-corrected chi connectivity index (χ4v) is 6.72. The predicted octanol–water partition coefficient (Wildman–Crippen LogP) is 12.6. The van der Waals surface area contributed by atoms with E-state index in [0.717, 1.165) is 67.4 Å². The maximum Gasteiger partial charge on any atom is 0.155 e. The molecular weight excluding hydrogens is 848 g/mol. The Morgan fingerprint density at radius 3 is 2.20 bits per heavy atom. The van der Waals surface area contributed by atoms with Crippen LogP contribution in [0, 0.1) is 31.7 Å². The van der Waals surface area contributed by atoms with Gasteiger partial charge in [-0.05, 0) is 64.3 Å². The second-order valence-corrected chi connectivity index (χ2v) is 15.2. The number of nitrogens with zero attached hydrogens (tertiary/aromatic N) is 4. The molecule has 0 fully saturated rings. The van der Waals surface area contributed by atoms with Crippen LogP contribution in [0.3, 0.4) is 0 Å². The number of imidazole rings is 1. The van der Waals surface area contributed by atoms with Crippen molar-refractivity contribution in [2.24, 2.45) is 0 Å². The van der Waals surface area contributed by atoms with Crippen molar-refractivity contribution in [2.45, 2.75) is 79.5 Å². The molecule has 0 saturated heterocycles. The Labute approximate surface area is 335 Å². The Morgan fingerprint density at radius 2 is 1.56 bits per heavy atom. The van der Waals surface area contributed by atoms with E-state index in [0.29, 0.717) is 17.5 Å². The number of aryl methyl sites for hydroxylation is 2. The molecule has 4 aromatic heterocycles. The average Bonchev–Trinajstić information content (AvgIpc) is 3.72. The first-order valence-electron chi connectivity index (χ1n) is 19.5. The second kappa shape index (κ2) is 15.4. The fraction of sp³-hybridized carbons (Fsp3) is 0.255. The minimum Gasteiger partial charge on any atom is -0.501 e. The number of pyridine rings is 2. The van der Waals surface area contributed by atoms with E-state index in [1.165, 1.54) is 17.2 Å². The summed E-state index contributed by atoms with van der Waals surface area (Å²) < 4.78 is 44.5. The summed E-state index contributed by atoms with van der Waals surface area (Å²) in [6.45, 7) is 14.9. The number of hydrogen-bond acceptors (Lipinski definition) is 4. The van der Waals surface area contributed by atoms with E-state index in [-0.39, 0.29) is 36.6 Å². The van der Waals surface area contributed by atoms with Crippen LogP contribution in [0.5, 0.6) is 0 Å². The molecule has 7 heteroatoms. The van der Waals surface area contributed by atoms with E-state index >= 15 is 0 Å². The SMILES string of the molecule is Cc1cnc2c(c1)nc(-c1[c-]ccc3c1oc1ccccc13)n2-c1c(C(C)C)cccc1C(C)C.[2H]C([2H])([2H])c1c[c-]c(-c2ccc(C(C)(C)C)cn2)c(F)c1.[Ir]. The molecule has 0 spiro atoms. The van der Waals surface area contributed by atoms with Crippen LogP contribution in [-0.2, 0) is 25.5 Å². The molecule has 8 aromatic rings. The predicted molar refractivity (Wildman–Crippen MR) is 215 cm³/mol. The first-order chi connectivity index (χ1) is 26.5. The molecular formula is C47H45FIrN4O-2. The maximum absolute atomic E-state index is 14.1. The normalized spacial score (nSPS) is 12.8. The van der Waals surface area contributed by atoms with Crippen LogP contribution >= 0.6 is 0 Å². The summed E-state index contributed by atoms with van der Waals surface area (Å²) in [7, 11) is 0. The molecule has 8 rings (SSSR count). The quantitative estimate of drug-likeness (QED) is 0.162. The third-order valence-corrected chi connectivity index (χ3v) is 9.54. The Bertz CT molecular complexity index is 2680. The van der Waals surface area contributed by atoms with Gasteiger partial charge in [-0.1, -0.05) is 120 Å². The van der Waals surface area contributed by atoms with E-state index in [9.17, 15) is 4.39 Å². The van der Waals surface area contributed by atoms with Crippen LogP contribution in [0.1, 0.15) is 92.2 Å². The zero-order valence-electron chi connectivity index (χ0n) is 34.8. The molecule has 0 unspecified atom stereocenters. The first kappa shape index (κ1) is 34.8. The molecule has 54 heavy (non-hydrogen) atoms. The minimum absolute atomic E-state index is 0. The number of benzene rings is 4. The van der Waals surface area contributed by atoms with Crippen molar-refractivity contribution >= 4 is 33.1 Å². The Kier molecular flexibility index (Phi) is 9.92. The molecule has 4 heterocycles. The van der Waals surface area contributed by atoms with Crippen molar-refractivity contribution in [1.29, 1.82) is 0 Å². The van der Waals surface area contributed by atoms with E-state index < -0.39 is 12.7 Å². The van der Waals surface area contributed by atoms with Crippen LogP contribution in [0.25, 0.3) is 61.4 Å². The molecule has 0 N–H and O–H groups in total. The summed E-state index contributed by atoms with van der Waals surface area (Å²) in [6.07, 6.45) is 3.63. The number of rotatable bonds is 5. The van der Waals surface area contributed by atoms with Crippen molar-refractivity contribution in [2.75, 3.05) is 0 Å². The van der Waals surface area contributed by atoms with Gasteiger partial charge in [0.15, 0.2) is 5.65 Å². The summed E-state index contributed by atoms with van der Waals surface area (Å²) in [6, 6.07) is 33.0. The monoisotopic (exact) mass is 896 g/mol. The van der Waals surface area contributed by atoms with E-state index in [4.69, 9.17) is 18.5 Å². The van der Waals surface area contributed by atoms with Crippen LogP contribution < -0.4 is 0 Å². The minimum atomic E-state index is -2.33. The first-order valence-corrected chi connectivity index (χ1v) is 18.0. The molecule has 0 aliphatic heterocycles. The van der Waals surface area contributed by atoms with Gasteiger partial charge in [-0.2, -0.15) is 0 Å². The molecule has 277 valence electrons. The van der Waals surface area contributed by atoms with Crippen molar-refractivity contribution < 1.29 is 33.0 Å². The fourth-order valence-electron chi connectivity index (χ4n) is 6.72. The summed E-state index contributed by atoms with van der Waals surface area (Å²) in [4.78, 5) is 14.3. The van der Waals surface area contributed by atoms with Crippen LogP contribution in [0.2, 0.25) is 0 Å². The molecule has 0 aliphatic carbocycles. The van der Waals surface area contributed by atoms with E-state index in [2.05, 4.69) is 113 Å². The smallest absolute Gasteiger partial charge is 0.155 e. The molecule has 1 radical (unpaired) electrons. The number of para-hydroxylation sites is 2. The number of halogens is 1. The van der Waals surface area contributed by atoms with Gasteiger partial charge < -0.3 is 14.0 Å². The Morgan fingerprint density at radius 1 is 0.815 bits per heavy atom. The van der Waals surface area contributed by atoms with E-state index in [1.54, 1.807) is 12.3 Å². The van der Waals surface area contributed by atoms with Crippen molar-refractivity contribution in [1.82, 2.24) is 19.5 Å². The van der Waals surface area contributed by atoms with Gasteiger partial charge in [-0.25, -0.2) is 4.98 Å². The van der Waals surface area contributed by atoms with Gasteiger partial charge in [0.05, 0.1) is 16.9 Å². The third kappa shape index (κ3) is 7.40. The zero-order valence-corrected chi connectivity index (χ0v) is 34.2. The summed E-state index contributed by atoms with van der Waals surface area (Å²) in [5.74, 6) is 0.855. The van der Waals surface area contributed by atoms with E-state index in [1.807, 2.05) is 36.5 Å². The van der Waals surface area contributed by atoms with Gasteiger partial charge >= 0.3 is 0 Å². The largest absolute Gasteiger partial charge is 0.501 e. The van der Waals surface area contributed by atoms with Gasteiger partial charge in [0.1, 0.15) is 5.58 Å². The molecule has 0 aliphatic rings.